The van der Waals surface area contributed by atoms with Crippen molar-refractivity contribution in [3.63, 3.8) is 0 Å². The topological polar surface area (TPSA) is 52.0 Å². The number of hydrogen-bond acceptors (Lipinski definition) is 3. The molecule has 0 amide bonds. The molecule has 1 rings (SSSR count). The number of nitrogen functional groups attached to an aromatic ring is 1. The molecule has 0 aliphatic rings. The lowest BCUT2D eigenvalue weighted by molar-refractivity contribution is 0.543. The molecule has 1 aromatic heterocycles. The molecule has 1 heterocycles. The van der Waals surface area contributed by atoms with Crippen LogP contribution in [-0.2, 0) is 6.42 Å². The van der Waals surface area contributed by atoms with Crippen molar-refractivity contribution < 1.29 is 4.42 Å². The molecule has 0 aliphatic carbocycles. The Labute approximate surface area is 66.6 Å². The predicted octanol–water partition coefficient (Wildman–Crippen LogP) is 1.91. The van der Waals surface area contributed by atoms with Gasteiger partial charge in [0.15, 0.2) is 0 Å². The van der Waals surface area contributed by atoms with Gasteiger partial charge in [-0.1, -0.05) is 13.3 Å². The van der Waals surface area contributed by atoms with Crippen LogP contribution >= 0.6 is 0 Å². The molecule has 0 atom stereocenters. The van der Waals surface area contributed by atoms with Gasteiger partial charge in [-0.05, 0) is 19.8 Å². The minimum atomic E-state index is 0.286. The standard InChI is InChI=1S/C8H14N2O/c1-3-4-5-7-6(2)11-8(9)10-7/h3-5H2,1-2H3,(H2,9,10). The van der Waals surface area contributed by atoms with Crippen molar-refractivity contribution in [2.45, 2.75) is 33.1 Å². The summed E-state index contributed by atoms with van der Waals surface area (Å²) in [6, 6.07) is 0.286. The van der Waals surface area contributed by atoms with Crippen molar-refractivity contribution >= 4 is 6.01 Å². The molecule has 0 fully saturated rings. The van der Waals surface area contributed by atoms with Gasteiger partial charge in [0.25, 0.3) is 6.01 Å². The summed E-state index contributed by atoms with van der Waals surface area (Å²) in [7, 11) is 0. The second kappa shape index (κ2) is 3.42. The van der Waals surface area contributed by atoms with Crippen molar-refractivity contribution in [3.8, 4) is 0 Å². The van der Waals surface area contributed by atoms with Gasteiger partial charge in [-0.2, -0.15) is 4.98 Å². The van der Waals surface area contributed by atoms with Crippen LogP contribution in [0, 0.1) is 6.92 Å². The molecule has 0 bridgehead atoms. The highest BCUT2D eigenvalue weighted by Crippen LogP contribution is 2.13. The zero-order chi connectivity index (χ0) is 8.27. The van der Waals surface area contributed by atoms with Crippen molar-refractivity contribution in [2.24, 2.45) is 0 Å². The predicted molar refractivity (Wildman–Crippen MR) is 44.3 cm³/mol. The number of unbranched alkanes of at least 4 members (excludes halogenated alkanes) is 1. The minimum absolute atomic E-state index is 0.286. The number of nitrogens with zero attached hydrogens (tertiary/aromatic N) is 1. The molecule has 1 aromatic rings. The summed E-state index contributed by atoms with van der Waals surface area (Å²) < 4.78 is 5.08. The highest BCUT2D eigenvalue weighted by molar-refractivity contribution is 5.18. The first-order chi connectivity index (χ1) is 5.24. The smallest absolute Gasteiger partial charge is 0.292 e. The normalized spacial score (nSPS) is 10.4. The van der Waals surface area contributed by atoms with Crippen molar-refractivity contribution in [3.05, 3.63) is 11.5 Å². The zero-order valence-electron chi connectivity index (χ0n) is 7.05. The average Bonchev–Trinajstić information content (AvgIpc) is 2.26. The van der Waals surface area contributed by atoms with Crippen molar-refractivity contribution in [1.82, 2.24) is 4.98 Å². The van der Waals surface area contributed by atoms with Crippen molar-refractivity contribution in [1.29, 1.82) is 0 Å². The third-order valence-electron chi connectivity index (χ3n) is 1.68. The molecule has 3 heteroatoms. The highest BCUT2D eigenvalue weighted by atomic mass is 16.4. The van der Waals surface area contributed by atoms with Crippen LogP contribution in [0.15, 0.2) is 4.42 Å². The molecular weight excluding hydrogens is 140 g/mol. The molecule has 0 spiro atoms. The van der Waals surface area contributed by atoms with Crippen LogP contribution in [0.1, 0.15) is 31.2 Å². The second-order valence-electron chi connectivity index (χ2n) is 2.66. The number of aryl methyl sites for hydroxylation is 2. The Kier molecular flexibility index (Phi) is 2.52. The Balaban J connectivity index is 2.62. The van der Waals surface area contributed by atoms with Crippen LogP contribution in [0.3, 0.4) is 0 Å². The molecular formula is C8H14N2O. The quantitative estimate of drug-likeness (QED) is 0.723. The van der Waals surface area contributed by atoms with E-state index in [1.165, 1.54) is 6.42 Å². The van der Waals surface area contributed by atoms with Gasteiger partial charge in [-0.25, -0.2) is 0 Å². The third kappa shape index (κ3) is 1.97. The van der Waals surface area contributed by atoms with E-state index in [0.717, 1.165) is 24.3 Å². The first-order valence-corrected chi connectivity index (χ1v) is 3.95. The first kappa shape index (κ1) is 8.11. The molecule has 11 heavy (non-hydrogen) atoms. The van der Waals surface area contributed by atoms with E-state index in [2.05, 4.69) is 11.9 Å². The van der Waals surface area contributed by atoms with Crippen LogP contribution in [0.25, 0.3) is 0 Å². The molecule has 3 nitrogen and oxygen atoms in total. The molecule has 0 aliphatic heterocycles. The fourth-order valence-electron chi connectivity index (χ4n) is 1.03. The maximum Gasteiger partial charge on any atom is 0.292 e. The third-order valence-corrected chi connectivity index (χ3v) is 1.68. The van der Waals surface area contributed by atoms with Crippen LogP contribution in [0.5, 0.6) is 0 Å². The summed E-state index contributed by atoms with van der Waals surface area (Å²) in [4.78, 5) is 4.06. The van der Waals surface area contributed by atoms with Gasteiger partial charge < -0.3 is 10.2 Å². The van der Waals surface area contributed by atoms with Crippen LogP contribution in [0.4, 0.5) is 6.01 Å². The van der Waals surface area contributed by atoms with E-state index < -0.39 is 0 Å². The number of rotatable bonds is 3. The number of oxazole rings is 1. The Morgan fingerprint density at radius 2 is 2.27 bits per heavy atom. The molecule has 0 saturated heterocycles. The molecule has 0 radical (unpaired) electrons. The van der Waals surface area contributed by atoms with Gasteiger partial charge in [0, 0.05) is 0 Å². The number of aromatic nitrogens is 1. The van der Waals surface area contributed by atoms with Gasteiger partial charge in [-0.15, -0.1) is 0 Å². The van der Waals surface area contributed by atoms with Crippen LogP contribution < -0.4 is 5.73 Å². The minimum Gasteiger partial charge on any atom is -0.429 e. The van der Waals surface area contributed by atoms with E-state index in [9.17, 15) is 0 Å². The average molecular weight is 154 g/mol. The number of nitrogens with two attached hydrogens (primary N) is 1. The lowest BCUT2D eigenvalue weighted by atomic mass is 10.2. The number of hydrogen-bond donors (Lipinski definition) is 1. The molecule has 0 aromatic carbocycles. The van der Waals surface area contributed by atoms with E-state index in [1.54, 1.807) is 0 Å². The Hall–Kier alpha value is -0.990. The van der Waals surface area contributed by atoms with E-state index in [0.29, 0.717) is 0 Å². The lowest BCUT2D eigenvalue weighted by Gasteiger charge is -1.92. The largest absolute Gasteiger partial charge is 0.429 e. The van der Waals surface area contributed by atoms with Crippen LogP contribution in [-0.4, -0.2) is 4.98 Å². The first-order valence-electron chi connectivity index (χ1n) is 3.95. The Morgan fingerprint density at radius 3 is 2.73 bits per heavy atom. The van der Waals surface area contributed by atoms with Crippen LogP contribution in [0.2, 0.25) is 0 Å². The summed E-state index contributed by atoms with van der Waals surface area (Å²) in [5, 5.41) is 0. The Bertz CT molecular complexity index is 230. The summed E-state index contributed by atoms with van der Waals surface area (Å²) in [6.45, 7) is 4.05. The summed E-state index contributed by atoms with van der Waals surface area (Å²) in [5.74, 6) is 0.857. The number of anilines is 1. The fraction of sp³-hybridized carbons (Fsp3) is 0.625. The van der Waals surface area contributed by atoms with E-state index in [-0.39, 0.29) is 6.01 Å². The summed E-state index contributed by atoms with van der Waals surface area (Å²) in [5.41, 5.74) is 6.38. The van der Waals surface area contributed by atoms with Gasteiger partial charge in [-0.3, -0.25) is 0 Å². The Morgan fingerprint density at radius 1 is 1.55 bits per heavy atom. The van der Waals surface area contributed by atoms with Gasteiger partial charge in [0.1, 0.15) is 5.76 Å². The molecule has 0 saturated carbocycles. The van der Waals surface area contributed by atoms with Crippen molar-refractivity contribution in [2.75, 3.05) is 5.73 Å². The molecule has 0 unspecified atom stereocenters. The van der Waals surface area contributed by atoms with Gasteiger partial charge in [0.05, 0.1) is 5.69 Å². The zero-order valence-corrected chi connectivity index (χ0v) is 7.05. The van der Waals surface area contributed by atoms with E-state index in [4.69, 9.17) is 10.2 Å². The van der Waals surface area contributed by atoms with E-state index >= 15 is 0 Å². The summed E-state index contributed by atoms with van der Waals surface area (Å²) >= 11 is 0. The highest BCUT2D eigenvalue weighted by Gasteiger charge is 2.04. The molecule has 2 N–H and O–H groups in total. The van der Waals surface area contributed by atoms with Gasteiger partial charge in [0.2, 0.25) is 0 Å². The SMILES string of the molecule is CCCCc1nc(N)oc1C. The second-order valence-corrected chi connectivity index (χ2v) is 2.66. The monoisotopic (exact) mass is 154 g/mol. The fourth-order valence-corrected chi connectivity index (χ4v) is 1.03. The summed E-state index contributed by atoms with van der Waals surface area (Å²) in [6.07, 6.45) is 3.29. The lowest BCUT2D eigenvalue weighted by Crippen LogP contribution is -1.88. The maximum atomic E-state index is 5.37. The molecule has 62 valence electrons. The van der Waals surface area contributed by atoms with E-state index in [1.807, 2.05) is 6.92 Å². The van der Waals surface area contributed by atoms with Gasteiger partial charge >= 0.3 is 0 Å². The maximum absolute atomic E-state index is 5.37.